The van der Waals surface area contributed by atoms with Gasteiger partial charge in [-0.3, -0.25) is 9.59 Å². The van der Waals surface area contributed by atoms with Crippen LogP contribution >= 0.6 is 0 Å². The van der Waals surface area contributed by atoms with Crippen LogP contribution in [0.25, 0.3) is 5.52 Å². The summed E-state index contributed by atoms with van der Waals surface area (Å²) in [5.41, 5.74) is 3.89. The highest BCUT2D eigenvalue weighted by molar-refractivity contribution is 6.00. The quantitative estimate of drug-likeness (QED) is 0.641. The fourth-order valence-electron chi connectivity index (χ4n) is 4.79. The zero-order valence-corrected chi connectivity index (χ0v) is 17.9. The molecule has 0 spiro atoms. The average molecular weight is 428 g/mol. The first-order valence-corrected chi connectivity index (χ1v) is 11.2. The molecule has 2 aromatic heterocycles. The van der Waals surface area contributed by atoms with E-state index in [0.29, 0.717) is 35.7 Å². The van der Waals surface area contributed by atoms with E-state index in [-0.39, 0.29) is 11.8 Å². The Hall–Kier alpha value is -3.66. The van der Waals surface area contributed by atoms with Crippen LogP contribution in [0.3, 0.4) is 0 Å². The summed E-state index contributed by atoms with van der Waals surface area (Å²) < 4.78 is 1.77. The van der Waals surface area contributed by atoms with E-state index < -0.39 is 0 Å². The van der Waals surface area contributed by atoms with Gasteiger partial charge in [0.05, 0.1) is 28.9 Å². The van der Waals surface area contributed by atoms with Crippen molar-refractivity contribution in [3.63, 3.8) is 0 Å². The van der Waals surface area contributed by atoms with E-state index in [0.717, 1.165) is 44.3 Å². The van der Waals surface area contributed by atoms with Gasteiger partial charge in [0.15, 0.2) is 0 Å². The number of fused-ring (bicyclic) bond motifs is 1. The molecule has 162 valence electrons. The van der Waals surface area contributed by atoms with Crippen LogP contribution in [0.5, 0.6) is 0 Å². The van der Waals surface area contributed by atoms with Gasteiger partial charge < -0.3 is 9.80 Å². The fourth-order valence-corrected chi connectivity index (χ4v) is 4.79. The Bertz CT molecular complexity index is 1190. The van der Waals surface area contributed by atoms with Crippen molar-refractivity contribution in [1.82, 2.24) is 19.4 Å². The molecule has 2 amide bonds. The van der Waals surface area contributed by atoms with Crippen LogP contribution < -0.4 is 0 Å². The summed E-state index contributed by atoms with van der Waals surface area (Å²) in [6.07, 6.45) is 7.49. The number of nitriles is 1. The number of benzene rings is 1. The Balaban J connectivity index is 1.29. The summed E-state index contributed by atoms with van der Waals surface area (Å²) in [5.74, 6) is 0.421. The van der Waals surface area contributed by atoms with E-state index >= 15 is 0 Å². The molecule has 0 atom stereocenters. The molecule has 2 fully saturated rings. The number of carbonyl (C=O) groups excluding carboxylic acids is 2. The summed E-state index contributed by atoms with van der Waals surface area (Å²) in [5, 5.41) is 13.3. The average Bonchev–Trinajstić information content (AvgIpc) is 3.53. The fraction of sp³-hybridized carbons (Fsp3) is 0.360. The maximum atomic E-state index is 12.9. The van der Waals surface area contributed by atoms with Crippen molar-refractivity contribution < 1.29 is 9.59 Å². The van der Waals surface area contributed by atoms with Gasteiger partial charge in [0.2, 0.25) is 0 Å². The van der Waals surface area contributed by atoms with Gasteiger partial charge in [-0.15, -0.1) is 0 Å². The SMILES string of the molecule is N#Cc1ccc(C(=O)N2CCC(c3ccn4ncc(C(=O)N5CCCC5)c4c3)CC2)cc1. The van der Waals surface area contributed by atoms with E-state index in [2.05, 4.69) is 23.3 Å². The van der Waals surface area contributed by atoms with E-state index in [1.807, 2.05) is 16.0 Å². The van der Waals surface area contributed by atoms with Crippen LogP contribution in [0.1, 0.15) is 63.4 Å². The van der Waals surface area contributed by atoms with Crippen molar-refractivity contribution in [3.8, 4) is 6.07 Å². The van der Waals surface area contributed by atoms with Crippen LogP contribution in [0, 0.1) is 11.3 Å². The van der Waals surface area contributed by atoms with Gasteiger partial charge in [-0.25, -0.2) is 4.52 Å². The molecule has 5 rings (SSSR count). The second kappa shape index (κ2) is 8.46. The Labute approximate surface area is 186 Å². The van der Waals surface area contributed by atoms with Crippen LogP contribution in [0.15, 0.2) is 48.8 Å². The van der Waals surface area contributed by atoms with Crippen LogP contribution in [-0.4, -0.2) is 57.4 Å². The molecule has 4 heterocycles. The third kappa shape index (κ3) is 3.73. The molecule has 2 saturated heterocycles. The monoisotopic (exact) mass is 427 g/mol. The predicted molar refractivity (Wildman–Crippen MR) is 119 cm³/mol. The van der Waals surface area contributed by atoms with Crippen molar-refractivity contribution in [2.45, 2.75) is 31.6 Å². The third-order valence-corrected chi connectivity index (χ3v) is 6.68. The van der Waals surface area contributed by atoms with Crippen molar-refractivity contribution >= 4 is 17.3 Å². The Morgan fingerprint density at radius 3 is 2.31 bits per heavy atom. The number of carbonyl (C=O) groups is 2. The van der Waals surface area contributed by atoms with Gasteiger partial charge in [-0.1, -0.05) is 0 Å². The Morgan fingerprint density at radius 2 is 1.62 bits per heavy atom. The summed E-state index contributed by atoms with van der Waals surface area (Å²) >= 11 is 0. The largest absolute Gasteiger partial charge is 0.339 e. The van der Waals surface area contributed by atoms with Gasteiger partial charge >= 0.3 is 0 Å². The zero-order chi connectivity index (χ0) is 22.1. The molecule has 2 aliphatic heterocycles. The summed E-state index contributed by atoms with van der Waals surface area (Å²) in [6, 6.07) is 13.1. The highest BCUT2D eigenvalue weighted by Gasteiger charge is 2.26. The van der Waals surface area contributed by atoms with Gasteiger partial charge in [0.1, 0.15) is 0 Å². The van der Waals surface area contributed by atoms with Gasteiger partial charge in [0.25, 0.3) is 11.8 Å². The first kappa shape index (κ1) is 20.3. The minimum Gasteiger partial charge on any atom is -0.339 e. The predicted octanol–water partition coefficient (Wildman–Crippen LogP) is 3.46. The van der Waals surface area contributed by atoms with Crippen molar-refractivity contribution in [3.05, 3.63) is 71.0 Å². The lowest BCUT2D eigenvalue weighted by molar-refractivity contribution is 0.0712. The molecular weight excluding hydrogens is 402 g/mol. The standard InChI is InChI=1S/C25H25N5O2/c26-16-18-3-5-20(6-4-18)24(31)29-12-7-19(8-13-29)21-9-14-30-23(15-21)22(17-27-30)25(32)28-10-1-2-11-28/h3-6,9,14-15,17,19H,1-2,7-8,10-13H2. The molecule has 0 unspecified atom stereocenters. The molecule has 0 N–H and O–H groups in total. The van der Waals surface area contributed by atoms with E-state index in [1.165, 1.54) is 5.56 Å². The molecule has 1 aromatic carbocycles. The molecule has 7 heteroatoms. The Kier molecular flexibility index (Phi) is 5.36. The number of piperidine rings is 1. The Morgan fingerprint density at radius 1 is 0.938 bits per heavy atom. The first-order valence-electron chi connectivity index (χ1n) is 11.2. The lowest BCUT2D eigenvalue weighted by atomic mass is 9.89. The maximum Gasteiger partial charge on any atom is 0.257 e. The number of amides is 2. The minimum absolute atomic E-state index is 0.0117. The number of hydrogen-bond acceptors (Lipinski definition) is 4. The number of pyridine rings is 1. The molecule has 32 heavy (non-hydrogen) atoms. The number of hydrogen-bond donors (Lipinski definition) is 0. The first-order chi connectivity index (χ1) is 15.6. The molecule has 3 aromatic rings. The highest BCUT2D eigenvalue weighted by Crippen LogP contribution is 2.30. The van der Waals surface area contributed by atoms with E-state index in [9.17, 15) is 9.59 Å². The molecule has 0 saturated carbocycles. The molecule has 0 bridgehead atoms. The summed E-state index contributed by atoms with van der Waals surface area (Å²) in [6.45, 7) is 3.02. The van der Waals surface area contributed by atoms with Crippen LogP contribution in [0.4, 0.5) is 0 Å². The zero-order valence-electron chi connectivity index (χ0n) is 17.9. The molecule has 2 aliphatic rings. The lowest BCUT2D eigenvalue weighted by Gasteiger charge is -2.32. The van der Waals surface area contributed by atoms with E-state index in [1.54, 1.807) is 35.0 Å². The number of rotatable bonds is 3. The number of likely N-dealkylation sites (tertiary alicyclic amines) is 2. The van der Waals surface area contributed by atoms with E-state index in [4.69, 9.17) is 5.26 Å². The highest BCUT2D eigenvalue weighted by atomic mass is 16.2. The maximum absolute atomic E-state index is 12.9. The molecule has 0 aliphatic carbocycles. The van der Waals surface area contributed by atoms with Crippen molar-refractivity contribution in [2.24, 2.45) is 0 Å². The van der Waals surface area contributed by atoms with Crippen molar-refractivity contribution in [1.29, 1.82) is 5.26 Å². The van der Waals surface area contributed by atoms with Gasteiger partial charge in [-0.05, 0) is 73.6 Å². The molecular formula is C25H25N5O2. The van der Waals surface area contributed by atoms with Gasteiger partial charge in [-0.2, -0.15) is 10.4 Å². The molecule has 7 nitrogen and oxygen atoms in total. The third-order valence-electron chi connectivity index (χ3n) is 6.68. The number of nitrogens with zero attached hydrogens (tertiary/aromatic N) is 5. The lowest BCUT2D eigenvalue weighted by Crippen LogP contribution is -2.37. The normalized spacial score (nSPS) is 17.0. The number of aromatic nitrogens is 2. The summed E-state index contributed by atoms with van der Waals surface area (Å²) in [4.78, 5) is 29.5. The smallest absolute Gasteiger partial charge is 0.257 e. The second-order valence-electron chi connectivity index (χ2n) is 8.60. The van der Waals surface area contributed by atoms with Gasteiger partial charge in [0, 0.05) is 37.9 Å². The summed E-state index contributed by atoms with van der Waals surface area (Å²) in [7, 11) is 0. The second-order valence-corrected chi connectivity index (χ2v) is 8.60. The van der Waals surface area contributed by atoms with Crippen molar-refractivity contribution in [2.75, 3.05) is 26.2 Å². The topological polar surface area (TPSA) is 81.7 Å². The molecule has 0 radical (unpaired) electrons. The van der Waals surface area contributed by atoms with Crippen LogP contribution in [-0.2, 0) is 0 Å². The van der Waals surface area contributed by atoms with Crippen LogP contribution in [0.2, 0.25) is 0 Å². The minimum atomic E-state index is 0.0117.